The molecule has 1 unspecified atom stereocenters. The zero-order valence-electron chi connectivity index (χ0n) is 10.5. The van der Waals surface area contributed by atoms with Crippen LogP contribution >= 0.6 is 11.6 Å². The third kappa shape index (κ3) is 2.96. The SMILES string of the molecule is Clc1nc(NCCC2CCCCO2)c2[nH]cnc2n1. The summed E-state index contributed by atoms with van der Waals surface area (Å²) in [6, 6.07) is 0. The smallest absolute Gasteiger partial charge is 0.226 e. The lowest BCUT2D eigenvalue weighted by atomic mass is 10.1. The molecule has 1 saturated heterocycles. The fourth-order valence-corrected chi connectivity index (χ4v) is 2.49. The highest BCUT2D eigenvalue weighted by atomic mass is 35.5. The highest BCUT2D eigenvalue weighted by Gasteiger charge is 2.14. The summed E-state index contributed by atoms with van der Waals surface area (Å²) < 4.78 is 5.69. The van der Waals surface area contributed by atoms with Gasteiger partial charge < -0.3 is 15.0 Å². The first-order chi connectivity index (χ1) is 9.33. The van der Waals surface area contributed by atoms with Crippen LogP contribution in [0.4, 0.5) is 5.82 Å². The number of nitrogens with one attached hydrogen (secondary N) is 2. The quantitative estimate of drug-likeness (QED) is 0.842. The summed E-state index contributed by atoms with van der Waals surface area (Å²) in [5.74, 6) is 0.698. The van der Waals surface area contributed by atoms with Crippen LogP contribution in [0.5, 0.6) is 0 Å². The van der Waals surface area contributed by atoms with Crippen LogP contribution in [0.3, 0.4) is 0 Å². The molecule has 19 heavy (non-hydrogen) atoms. The zero-order valence-corrected chi connectivity index (χ0v) is 11.3. The fourth-order valence-electron chi connectivity index (χ4n) is 2.32. The van der Waals surface area contributed by atoms with Crippen molar-refractivity contribution < 1.29 is 4.74 Å². The van der Waals surface area contributed by atoms with Gasteiger partial charge >= 0.3 is 0 Å². The molecule has 0 spiro atoms. The summed E-state index contributed by atoms with van der Waals surface area (Å²) in [7, 11) is 0. The van der Waals surface area contributed by atoms with Gasteiger partial charge in [-0.3, -0.25) is 0 Å². The number of rotatable bonds is 4. The van der Waals surface area contributed by atoms with Crippen LogP contribution in [-0.4, -0.2) is 39.2 Å². The number of anilines is 1. The summed E-state index contributed by atoms with van der Waals surface area (Å²) in [6.07, 6.45) is 6.50. The van der Waals surface area contributed by atoms with Crippen molar-refractivity contribution in [2.75, 3.05) is 18.5 Å². The van der Waals surface area contributed by atoms with Gasteiger partial charge in [0, 0.05) is 13.2 Å². The van der Waals surface area contributed by atoms with E-state index in [1.54, 1.807) is 6.33 Å². The number of ether oxygens (including phenoxy) is 1. The lowest BCUT2D eigenvalue weighted by Crippen LogP contribution is -2.22. The number of nitrogens with zero attached hydrogens (tertiary/aromatic N) is 3. The molecule has 0 amide bonds. The van der Waals surface area contributed by atoms with E-state index in [2.05, 4.69) is 25.3 Å². The van der Waals surface area contributed by atoms with Gasteiger partial charge in [0.1, 0.15) is 5.52 Å². The molecule has 0 aromatic carbocycles. The number of fused-ring (bicyclic) bond motifs is 1. The second-order valence-corrected chi connectivity index (χ2v) is 4.98. The van der Waals surface area contributed by atoms with Crippen molar-refractivity contribution in [2.24, 2.45) is 0 Å². The van der Waals surface area contributed by atoms with Crippen molar-refractivity contribution in [1.82, 2.24) is 19.9 Å². The van der Waals surface area contributed by atoms with E-state index >= 15 is 0 Å². The first-order valence-electron chi connectivity index (χ1n) is 6.55. The molecule has 0 saturated carbocycles. The molecular formula is C12H16ClN5O. The predicted molar refractivity (Wildman–Crippen MR) is 73.4 cm³/mol. The van der Waals surface area contributed by atoms with Crippen LogP contribution in [0.2, 0.25) is 5.28 Å². The maximum atomic E-state index is 5.87. The molecular weight excluding hydrogens is 266 g/mol. The van der Waals surface area contributed by atoms with Gasteiger partial charge in [0.25, 0.3) is 0 Å². The Balaban J connectivity index is 1.63. The first-order valence-corrected chi connectivity index (χ1v) is 6.93. The van der Waals surface area contributed by atoms with E-state index in [0.717, 1.165) is 31.5 Å². The molecule has 1 atom stereocenters. The van der Waals surface area contributed by atoms with Crippen molar-refractivity contribution in [3.63, 3.8) is 0 Å². The van der Waals surface area contributed by atoms with Crippen molar-refractivity contribution in [3.05, 3.63) is 11.6 Å². The van der Waals surface area contributed by atoms with Gasteiger partial charge in [0.15, 0.2) is 11.5 Å². The Labute approximate surface area is 115 Å². The minimum Gasteiger partial charge on any atom is -0.378 e. The number of aromatic amines is 1. The second kappa shape index (κ2) is 5.71. The predicted octanol–water partition coefficient (Wildman–Crippen LogP) is 2.38. The van der Waals surface area contributed by atoms with Crippen LogP contribution in [-0.2, 0) is 4.74 Å². The Bertz CT molecular complexity index is 552. The maximum Gasteiger partial charge on any atom is 0.226 e. The van der Waals surface area contributed by atoms with E-state index in [0.29, 0.717) is 17.6 Å². The third-order valence-electron chi connectivity index (χ3n) is 3.29. The average Bonchev–Trinajstić information content (AvgIpc) is 2.88. The monoisotopic (exact) mass is 281 g/mol. The fraction of sp³-hybridized carbons (Fsp3) is 0.583. The molecule has 102 valence electrons. The van der Waals surface area contributed by atoms with Gasteiger partial charge in [-0.25, -0.2) is 4.98 Å². The molecule has 0 aliphatic carbocycles. The Morgan fingerprint density at radius 3 is 3.21 bits per heavy atom. The van der Waals surface area contributed by atoms with E-state index in [1.165, 1.54) is 12.8 Å². The molecule has 2 aromatic heterocycles. The molecule has 6 nitrogen and oxygen atoms in total. The highest BCUT2D eigenvalue weighted by molar-refractivity contribution is 6.28. The summed E-state index contributed by atoms with van der Waals surface area (Å²) >= 11 is 5.87. The molecule has 2 aromatic rings. The maximum absolute atomic E-state index is 5.87. The van der Waals surface area contributed by atoms with E-state index in [1.807, 2.05) is 0 Å². The normalized spacial score (nSPS) is 19.7. The number of halogens is 1. The molecule has 1 aliphatic heterocycles. The van der Waals surface area contributed by atoms with Crippen molar-refractivity contribution in [3.8, 4) is 0 Å². The van der Waals surface area contributed by atoms with Crippen molar-refractivity contribution in [1.29, 1.82) is 0 Å². The molecule has 3 rings (SSSR count). The van der Waals surface area contributed by atoms with Gasteiger partial charge in [0.05, 0.1) is 12.4 Å². The molecule has 7 heteroatoms. The van der Waals surface area contributed by atoms with E-state index in [9.17, 15) is 0 Å². The van der Waals surface area contributed by atoms with Crippen LogP contribution in [0.15, 0.2) is 6.33 Å². The summed E-state index contributed by atoms with van der Waals surface area (Å²) in [6.45, 7) is 1.68. The van der Waals surface area contributed by atoms with Crippen LogP contribution < -0.4 is 5.32 Å². The van der Waals surface area contributed by atoms with E-state index < -0.39 is 0 Å². The summed E-state index contributed by atoms with van der Waals surface area (Å²) in [5, 5.41) is 3.48. The Hall–Kier alpha value is -1.40. The number of H-pyrrole nitrogens is 1. The molecule has 1 aliphatic rings. The average molecular weight is 282 g/mol. The number of aromatic nitrogens is 4. The standard InChI is InChI=1S/C12H16ClN5O/c13-12-17-10(9-11(18-12)16-7-15-9)14-5-4-8-3-1-2-6-19-8/h7-8H,1-6H2,(H2,14,15,16,17,18). The van der Waals surface area contributed by atoms with Crippen LogP contribution in [0.25, 0.3) is 11.2 Å². The molecule has 1 fully saturated rings. The minimum absolute atomic E-state index is 0.205. The van der Waals surface area contributed by atoms with Crippen molar-refractivity contribution in [2.45, 2.75) is 31.8 Å². The van der Waals surface area contributed by atoms with Gasteiger partial charge in [-0.05, 0) is 37.3 Å². The molecule has 2 N–H and O–H groups in total. The molecule has 0 bridgehead atoms. The lowest BCUT2D eigenvalue weighted by Gasteiger charge is -2.22. The Morgan fingerprint density at radius 2 is 2.37 bits per heavy atom. The first kappa shape index (κ1) is 12.6. The molecule has 3 heterocycles. The second-order valence-electron chi connectivity index (χ2n) is 4.65. The largest absolute Gasteiger partial charge is 0.378 e. The van der Waals surface area contributed by atoms with Crippen LogP contribution in [0.1, 0.15) is 25.7 Å². The van der Waals surface area contributed by atoms with Gasteiger partial charge in [-0.1, -0.05) is 0 Å². The van der Waals surface area contributed by atoms with Crippen molar-refractivity contribution >= 4 is 28.6 Å². The Morgan fingerprint density at radius 1 is 1.42 bits per heavy atom. The van der Waals surface area contributed by atoms with Gasteiger partial charge in [-0.15, -0.1) is 0 Å². The highest BCUT2D eigenvalue weighted by Crippen LogP contribution is 2.20. The zero-order chi connectivity index (χ0) is 13.1. The summed E-state index contributed by atoms with van der Waals surface area (Å²) in [5.41, 5.74) is 1.37. The van der Waals surface area contributed by atoms with Gasteiger partial charge in [0.2, 0.25) is 5.28 Å². The Kier molecular flexibility index (Phi) is 3.79. The third-order valence-corrected chi connectivity index (χ3v) is 3.46. The number of hydrogen-bond donors (Lipinski definition) is 2. The van der Waals surface area contributed by atoms with Gasteiger partial charge in [-0.2, -0.15) is 9.97 Å². The van der Waals surface area contributed by atoms with E-state index in [4.69, 9.17) is 16.3 Å². The topological polar surface area (TPSA) is 75.7 Å². The summed E-state index contributed by atoms with van der Waals surface area (Å²) in [4.78, 5) is 15.3. The lowest BCUT2D eigenvalue weighted by molar-refractivity contribution is 0.0134. The molecule has 0 radical (unpaired) electrons. The minimum atomic E-state index is 0.205. The number of imidazole rings is 1. The van der Waals surface area contributed by atoms with Crippen LogP contribution in [0, 0.1) is 0 Å². The van der Waals surface area contributed by atoms with E-state index in [-0.39, 0.29) is 5.28 Å². The number of hydrogen-bond acceptors (Lipinski definition) is 5.